The van der Waals surface area contributed by atoms with Crippen LogP contribution >= 0.6 is 15.6 Å². The minimum Gasteiger partial charge on any atom is -0.463 e. The van der Waals surface area contributed by atoms with Gasteiger partial charge in [0.1, 0.15) is 25.4 Å². The van der Waals surface area contributed by atoms with E-state index in [1.54, 1.807) is 0 Å². The van der Waals surface area contributed by atoms with Gasteiger partial charge in [0.2, 0.25) is 0 Å². The Balaban J connectivity index is 4.57. The average Bonchev–Trinajstić information content (AvgIpc) is 0.902. The quantitative estimate of drug-likeness (QED) is 0.0146. The highest BCUT2D eigenvalue weighted by Gasteiger charge is 2.29. The molecular weight excluding hydrogens is 1430 g/mol. The fraction of sp³-hybridized carbons (Fsp3) is 0.688. The minimum atomic E-state index is -4.95. The van der Waals surface area contributed by atoms with E-state index in [2.05, 4.69) is 179 Å². The summed E-state index contributed by atoms with van der Waals surface area (Å²) in [5.41, 5.74) is 0. The third-order valence-electron chi connectivity index (χ3n) is 18.2. The highest BCUT2D eigenvalue weighted by molar-refractivity contribution is 7.47. The predicted molar refractivity (Wildman–Crippen MR) is 463 cm³/mol. The molecule has 0 amide bonds. The lowest BCUT2D eigenvalue weighted by molar-refractivity contribution is -0.161. The zero-order chi connectivity index (χ0) is 80.8. The van der Waals surface area contributed by atoms with Crippen LogP contribution in [0.15, 0.2) is 158 Å². The van der Waals surface area contributed by atoms with E-state index in [4.69, 9.17) is 32.3 Å². The largest absolute Gasteiger partial charge is 0.472 e. The van der Waals surface area contributed by atoms with Gasteiger partial charge >= 0.3 is 33.6 Å². The fourth-order valence-corrected chi connectivity index (χ4v) is 13.2. The molecule has 0 saturated heterocycles. The van der Waals surface area contributed by atoms with E-state index >= 15 is 0 Å². The van der Waals surface area contributed by atoms with Gasteiger partial charge in [-0.05, 0) is 148 Å². The van der Waals surface area contributed by atoms with Gasteiger partial charge in [-0.15, -0.1) is 0 Å². The van der Waals surface area contributed by atoms with Crippen molar-refractivity contribution in [3.8, 4) is 0 Å². The molecule has 0 aromatic carbocycles. The molecule has 0 radical (unpaired) electrons. The number of phosphoric acid groups is 2. The van der Waals surface area contributed by atoms with Crippen LogP contribution in [0.5, 0.6) is 0 Å². The van der Waals surface area contributed by atoms with E-state index in [-0.39, 0.29) is 19.3 Å². The molecule has 0 aliphatic rings. The van der Waals surface area contributed by atoms with Gasteiger partial charge in [0, 0.05) is 19.3 Å². The van der Waals surface area contributed by atoms with Crippen molar-refractivity contribution >= 4 is 33.6 Å². The Bertz CT molecular complexity index is 2650. The number of hydrogen-bond donors (Lipinski definition) is 4. The first kappa shape index (κ1) is 106. The lowest BCUT2D eigenvalue weighted by Crippen LogP contribution is -2.30. The molecule has 0 spiro atoms. The van der Waals surface area contributed by atoms with E-state index in [1.807, 2.05) is 0 Å². The summed E-state index contributed by atoms with van der Waals surface area (Å²) >= 11 is 0. The number of aliphatic hydroxyl groups is 2. The van der Waals surface area contributed by atoms with Crippen molar-refractivity contribution in [2.24, 2.45) is 0 Å². The SMILES string of the molecule is CC/C=C\C/C=C\C/C=C\C/C=C\C/C=C\CCCCCCCCCCCC(=O)OCC(COP(=O)(O)OCC(O)COP(=O)(O)OCC(O)COC(=O)CCCCCCCCCCCCCCCCC/C=C\C/C=C\C/C=C\C/C=C\CCCCC)OC(=O)CCCCCCCC/C=C\C/C=C\C/C=C\C/C=C\CC. The monoisotopic (exact) mass is 1590 g/mol. The number of aliphatic hydroxyl groups excluding tert-OH is 2. The fourth-order valence-electron chi connectivity index (χ4n) is 11.6. The summed E-state index contributed by atoms with van der Waals surface area (Å²) in [7, 11) is -9.81. The Hall–Kier alpha value is -4.83. The Morgan fingerprint density at radius 1 is 0.261 bits per heavy atom. The second-order valence-corrected chi connectivity index (χ2v) is 31.8. The van der Waals surface area contributed by atoms with Crippen LogP contribution in [0.2, 0.25) is 0 Å². The molecule has 4 N–H and O–H groups in total. The molecule has 0 aliphatic carbocycles. The second kappa shape index (κ2) is 84.6. The Morgan fingerprint density at radius 2 is 0.477 bits per heavy atom. The topological polar surface area (TPSA) is 231 Å². The van der Waals surface area contributed by atoms with Crippen LogP contribution < -0.4 is 0 Å². The molecule has 0 aliphatic heterocycles. The summed E-state index contributed by atoms with van der Waals surface area (Å²) in [5.74, 6) is -1.59. The van der Waals surface area contributed by atoms with E-state index in [1.165, 1.54) is 128 Å². The summed E-state index contributed by atoms with van der Waals surface area (Å²) in [6.07, 6.45) is 107. The van der Waals surface area contributed by atoms with E-state index in [9.17, 15) is 43.5 Å². The van der Waals surface area contributed by atoms with Gasteiger partial charge in [-0.1, -0.05) is 346 Å². The number of carbonyl (C=O) groups excluding carboxylic acids is 3. The maximum absolute atomic E-state index is 13.0. The zero-order valence-electron chi connectivity index (χ0n) is 69.8. The molecule has 0 saturated carbocycles. The first-order chi connectivity index (χ1) is 54.2. The Labute approximate surface area is 676 Å². The number of phosphoric ester groups is 2. The summed E-state index contributed by atoms with van der Waals surface area (Å²) in [6, 6.07) is 0. The molecule has 0 bridgehead atoms. The number of esters is 3. The van der Waals surface area contributed by atoms with Crippen LogP contribution in [-0.2, 0) is 55.8 Å². The van der Waals surface area contributed by atoms with Crippen LogP contribution in [0.4, 0.5) is 0 Å². The van der Waals surface area contributed by atoms with Gasteiger partial charge in [-0.25, -0.2) is 9.13 Å². The smallest absolute Gasteiger partial charge is 0.463 e. The molecule has 111 heavy (non-hydrogen) atoms. The van der Waals surface area contributed by atoms with E-state index in [0.717, 1.165) is 167 Å². The van der Waals surface area contributed by atoms with Crippen molar-refractivity contribution in [1.29, 1.82) is 0 Å². The zero-order valence-corrected chi connectivity index (χ0v) is 71.6. The van der Waals surface area contributed by atoms with E-state index < -0.39 is 91.5 Å². The van der Waals surface area contributed by atoms with E-state index in [0.29, 0.717) is 19.3 Å². The van der Waals surface area contributed by atoms with Crippen molar-refractivity contribution in [1.82, 2.24) is 0 Å². The van der Waals surface area contributed by atoms with Gasteiger partial charge in [-0.2, -0.15) is 0 Å². The first-order valence-electron chi connectivity index (χ1n) is 43.8. The number of rotatable bonds is 82. The van der Waals surface area contributed by atoms with Gasteiger partial charge in [0.25, 0.3) is 0 Å². The number of carbonyl (C=O) groups is 3. The molecule has 16 nitrogen and oxygen atoms in total. The van der Waals surface area contributed by atoms with Crippen LogP contribution in [0.25, 0.3) is 0 Å². The molecule has 0 aromatic rings. The Kier molecular flexibility index (Phi) is 80.9. The molecule has 5 atom stereocenters. The standard InChI is InChI=1S/C93H158O16P2/c1-4-7-10-13-16-19-22-25-28-31-34-36-38-40-41-42-43-44-45-47-49-50-53-55-58-61-64-67-70-73-76-79-91(96)103-82-88(94)83-105-110(99,100)106-84-89(95)85-107-111(101,102)108-87-90(109-93(98)81-78-75-72-69-66-63-60-57-52-33-30-27-24-21-18-15-12-9-6-3)86-104-92(97)80-77-74-71-68-65-62-59-56-54-51-48-46-39-37-35-32-29-26-23-20-17-14-11-8-5-2/h8-9,11-12,16-21,25-30,34-37,40-41,46,48,52,57,88-90,94-95H,4-7,10,13-15,22-24,31-33,38-39,42-45,47,49-51,53-56,58-87H2,1-3H3,(H,99,100)(H,101,102)/b11-8-,12-9-,19-16-,20-17-,21-18-,28-25-,29-26-,30-27-,36-34-,37-35-,41-40-,48-46-,57-52-. The average molecular weight is 1590 g/mol. The second-order valence-electron chi connectivity index (χ2n) is 28.9. The molecule has 18 heteroatoms. The van der Waals surface area contributed by atoms with Crippen LogP contribution in [0, 0.1) is 0 Å². The molecule has 0 rings (SSSR count). The van der Waals surface area contributed by atoms with Crippen molar-refractivity contribution in [2.75, 3.05) is 39.6 Å². The van der Waals surface area contributed by atoms with Crippen molar-refractivity contribution in [2.45, 2.75) is 373 Å². The van der Waals surface area contributed by atoms with Crippen LogP contribution in [-0.4, -0.2) is 95.9 Å². The molecule has 5 unspecified atom stereocenters. The molecule has 0 heterocycles. The van der Waals surface area contributed by atoms with Crippen molar-refractivity contribution < 1.29 is 75.8 Å². The normalized spacial score (nSPS) is 14.6. The highest BCUT2D eigenvalue weighted by Crippen LogP contribution is 2.45. The molecule has 0 fully saturated rings. The Morgan fingerprint density at radius 3 is 0.757 bits per heavy atom. The van der Waals surface area contributed by atoms with Crippen LogP contribution in [0.3, 0.4) is 0 Å². The van der Waals surface area contributed by atoms with Gasteiger partial charge in [0.05, 0.1) is 26.4 Å². The highest BCUT2D eigenvalue weighted by atomic mass is 31.2. The van der Waals surface area contributed by atoms with Crippen molar-refractivity contribution in [3.05, 3.63) is 158 Å². The summed E-state index contributed by atoms with van der Waals surface area (Å²) in [5, 5.41) is 20.7. The maximum atomic E-state index is 13.0. The summed E-state index contributed by atoms with van der Waals surface area (Å²) in [6.45, 7) is 2.43. The lowest BCUT2D eigenvalue weighted by atomic mass is 10.0. The van der Waals surface area contributed by atoms with Crippen molar-refractivity contribution in [3.63, 3.8) is 0 Å². The number of allylic oxidation sites excluding steroid dienone is 26. The summed E-state index contributed by atoms with van der Waals surface area (Å²) < 4.78 is 61.4. The van der Waals surface area contributed by atoms with Gasteiger partial charge < -0.3 is 34.2 Å². The third-order valence-corrected chi connectivity index (χ3v) is 20.1. The molecular formula is C93H158O16P2. The molecule has 636 valence electrons. The number of hydrogen-bond acceptors (Lipinski definition) is 14. The molecule has 0 aromatic heterocycles. The predicted octanol–water partition coefficient (Wildman–Crippen LogP) is 26.5. The minimum absolute atomic E-state index is 0.0826. The first-order valence-corrected chi connectivity index (χ1v) is 46.8. The van der Waals surface area contributed by atoms with Gasteiger partial charge in [0.15, 0.2) is 6.10 Å². The number of ether oxygens (including phenoxy) is 3. The number of unbranched alkanes of at least 4 members (excludes halogenated alkanes) is 33. The van der Waals surface area contributed by atoms with Gasteiger partial charge in [-0.3, -0.25) is 32.5 Å². The summed E-state index contributed by atoms with van der Waals surface area (Å²) in [4.78, 5) is 58.9. The third kappa shape index (κ3) is 85.9. The lowest BCUT2D eigenvalue weighted by Gasteiger charge is -2.21. The maximum Gasteiger partial charge on any atom is 0.472 e. The van der Waals surface area contributed by atoms with Crippen LogP contribution in [0.1, 0.15) is 355 Å².